The molecule has 5 rings (SSSR count). The van der Waals surface area contributed by atoms with Gasteiger partial charge >= 0.3 is 5.69 Å². The van der Waals surface area contributed by atoms with E-state index in [1.54, 1.807) is 4.90 Å². The number of nitrogens with zero attached hydrogens (tertiary/aromatic N) is 6. The van der Waals surface area contributed by atoms with Crippen LogP contribution in [0.2, 0.25) is 5.02 Å². The minimum absolute atomic E-state index is 0.0838. The topological polar surface area (TPSA) is 118 Å². The van der Waals surface area contributed by atoms with Crippen LogP contribution in [0, 0.1) is 18.6 Å². The van der Waals surface area contributed by atoms with Crippen LogP contribution in [-0.4, -0.2) is 69.7 Å². The lowest BCUT2D eigenvalue weighted by Crippen LogP contribution is -2.54. The highest BCUT2D eigenvalue weighted by molar-refractivity contribution is 7.92. The average molecular weight is 643 g/mol. The highest BCUT2D eigenvalue weighted by Crippen LogP contribution is 2.37. The summed E-state index contributed by atoms with van der Waals surface area (Å²) in [6.07, 6.45) is 2.54. The van der Waals surface area contributed by atoms with Gasteiger partial charge in [0.25, 0.3) is 0 Å². The normalized spacial score (nSPS) is 15.7. The number of carbonyl (C=O) groups excluding carboxylic acids is 1. The zero-order chi connectivity index (χ0) is 32.1. The van der Waals surface area contributed by atoms with Gasteiger partial charge < -0.3 is 9.80 Å². The summed E-state index contributed by atoms with van der Waals surface area (Å²) in [7, 11) is -3.96. The fraction of sp³-hybridized carbons (Fsp3) is 0.300. The maximum Gasteiger partial charge on any atom is 0.355 e. The molecule has 1 amide bonds. The van der Waals surface area contributed by atoms with Crippen LogP contribution < -0.4 is 10.6 Å². The molecule has 1 aliphatic rings. The van der Waals surface area contributed by atoms with Crippen LogP contribution in [0.5, 0.6) is 0 Å². The van der Waals surface area contributed by atoms with E-state index in [4.69, 9.17) is 11.6 Å². The fourth-order valence-corrected chi connectivity index (χ4v) is 6.83. The molecule has 0 unspecified atom stereocenters. The molecule has 4 aromatic rings. The van der Waals surface area contributed by atoms with Crippen LogP contribution >= 0.6 is 11.6 Å². The van der Waals surface area contributed by atoms with Crippen LogP contribution in [0.4, 0.5) is 14.6 Å². The third-order valence-electron chi connectivity index (χ3n) is 7.61. The van der Waals surface area contributed by atoms with Crippen molar-refractivity contribution in [2.45, 2.75) is 43.9 Å². The zero-order valence-corrected chi connectivity index (χ0v) is 26.0. The van der Waals surface area contributed by atoms with Crippen molar-refractivity contribution < 1.29 is 22.0 Å². The van der Waals surface area contributed by atoms with Crippen molar-refractivity contribution in [2.75, 3.05) is 24.5 Å². The van der Waals surface area contributed by atoms with E-state index in [-0.39, 0.29) is 62.3 Å². The number of anilines is 1. The predicted octanol–water partition coefficient (Wildman–Crippen LogP) is 4.49. The van der Waals surface area contributed by atoms with E-state index in [1.807, 2.05) is 11.8 Å². The van der Waals surface area contributed by atoms with Gasteiger partial charge in [-0.05, 0) is 58.0 Å². The molecule has 44 heavy (non-hydrogen) atoms. The molecule has 0 saturated carbocycles. The standard InChI is InChI=1S/C30H29ClF2N6O4S/c1-6-24(40)37-12-13-38(17(4)15-37)28-19-14-20(31)26(25-21(32)8-7-9-22(25)33)35-29(19)39(30(41)36-28)27-18(5)34-11-10-23(27)44(42,43)16(2)3/h6-11,14,16-17H,1,12-13,15H2,2-5H3/t17-/m0/s1. The second-order valence-electron chi connectivity index (χ2n) is 10.7. The molecule has 14 heteroatoms. The van der Waals surface area contributed by atoms with Crippen LogP contribution in [0.3, 0.4) is 0 Å². The number of aromatic nitrogens is 4. The number of aryl methyl sites for hydroxylation is 1. The Hall–Kier alpha value is -4.23. The lowest BCUT2D eigenvalue weighted by atomic mass is 10.1. The SMILES string of the molecule is C=CC(=O)N1CCN(c2nc(=O)n(-c3c(S(=O)(=O)C(C)C)ccnc3C)c3nc(-c4c(F)cccc4F)c(Cl)cc23)[C@@H](C)C1. The van der Waals surface area contributed by atoms with E-state index in [2.05, 4.69) is 21.5 Å². The quantitative estimate of drug-likeness (QED) is 0.283. The molecule has 1 aliphatic heterocycles. The molecule has 0 bridgehead atoms. The first-order chi connectivity index (χ1) is 20.8. The van der Waals surface area contributed by atoms with Gasteiger partial charge in [0.15, 0.2) is 15.5 Å². The number of carbonyl (C=O) groups is 1. The third-order valence-corrected chi connectivity index (χ3v) is 10.1. The number of piperazine rings is 1. The third kappa shape index (κ3) is 5.23. The highest BCUT2D eigenvalue weighted by atomic mass is 35.5. The summed E-state index contributed by atoms with van der Waals surface area (Å²) in [6, 6.07) is 5.67. The second-order valence-corrected chi connectivity index (χ2v) is 13.6. The van der Waals surface area contributed by atoms with Gasteiger partial charge in [0.2, 0.25) is 5.91 Å². The van der Waals surface area contributed by atoms with Gasteiger partial charge in [0, 0.05) is 31.9 Å². The Morgan fingerprint density at radius 2 is 1.84 bits per heavy atom. The molecular formula is C30H29ClF2N6O4S. The Bertz CT molecular complexity index is 1980. The number of hydrogen-bond donors (Lipinski definition) is 0. The van der Waals surface area contributed by atoms with E-state index in [0.29, 0.717) is 13.1 Å². The van der Waals surface area contributed by atoms with Crippen LogP contribution in [0.15, 0.2) is 58.9 Å². The van der Waals surface area contributed by atoms with Crippen molar-refractivity contribution in [3.8, 4) is 16.9 Å². The van der Waals surface area contributed by atoms with Crippen LogP contribution in [-0.2, 0) is 14.6 Å². The number of benzene rings is 1. The van der Waals surface area contributed by atoms with Crippen molar-refractivity contribution in [1.82, 2.24) is 24.4 Å². The maximum absolute atomic E-state index is 15.0. The summed E-state index contributed by atoms with van der Waals surface area (Å²) >= 11 is 6.63. The lowest BCUT2D eigenvalue weighted by molar-refractivity contribution is -0.126. The van der Waals surface area contributed by atoms with Gasteiger partial charge in [-0.25, -0.2) is 31.5 Å². The number of sulfone groups is 1. The van der Waals surface area contributed by atoms with Crippen LogP contribution in [0.25, 0.3) is 28.0 Å². The minimum Gasteiger partial charge on any atom is -0.350 e. The first-order valence-electron chi connectivity index (χ1n) is 13.7. The molecule has 3 aromatic heterocycles. The summed E-state index contributed by atoms with van der Waals surface area (Å²) in [5, 5.41) is -0.749. The molecule has 0 aliphatic carbocycles. The van der Waals surface area contributed by atoms with Gasteiger partial charge in [-0.1, -0.05) is 24.2 Å². The van der Waals surface area contributed by atoms with Crippen LogP contribution in [0.1, 0.15) is 26.5 Å². The Morgan fingerprint density at radius 1 is 1.16 bits per heavy atom. The fourth-order valence-electron chi connectivity index (χ4n) is 5.32. The van der Waals surface area contributed by atoms with Gasteiger partial charge in [0.1, 0.15) is 17.5 Å². The maximum atomic E-state index is 15.0. The lowest BCUT2D eigenvalue weighted by Gasteiger charge is -2.40. The first-order valence-corrected chi connectivity index (χ1v) is 15.7. The number of fused-ring (bicyclic) bond motifs is 1. The van der Waals surface area contributed by atoms with Crippen molar-refractivity contribution >= 4 is 44.2 Å². The predicted molar refractivity (Wildman–Crippen MR) is 164 cm³/mol. The van der Waals surface area contributed by atoms with Gasteiger partial charge in [-0.3, -0.25) is 9.78 Å². The Balaban J connectivity index is 1.87. The van der Waals surface area contributed by atoms with E-state index >= 15 is 0 Å². The van der Waals surface area contributed by atoms with E-state index in [1.165, 1.54) is 51.2 Å². The molecule has 1 saturated heterocycles. The minimum atomic E-state index is -3.96. The monoisotopic (exact) mass is 642 g/mol. The molecule has 1 aromatic carbocycles. The molecule has 0 spiro atoms. The molecule has 1 fully saturated rings. The average Bonchev–Trinajstić information content (AvgIpc) is 2.97. The second kappa shape index (κ2) is 11.7. The van der Waals surface area contributed by atoms with Crippen molar-refractivity contribution in [1.29, 1.82) is 0 Å². The summed E-state index contributed by atoms with van der Waals surface area (Å²) in [5.41, 5.74) is -1.72. The van der Waals surface area contributed by atoms with E-state index in [0.717, 1.165) is 16.7 Å². The summed E-state index contributed by atoms with van der Waals surface area (Å²) in [4.78, 5) is 42.6. The van der Waals surface area contributed by atoms with Gasteiger partial charge in [0.05, 0.1) is 43.2 Å². The summed E-state index contributed by atoms with van der Waals surface area (Å²) < 4.78 is 57.9. The van der Waals surface area contributed by atoms with Gasteiger partial charge in [-0.15, -0.1) is 0 Å². The molecule has 4 heterocycles. The number of amides is 1. The number of rotatable bonds is 6. The molecule has 0 N–H and O–H groups in total. The van der Waals surface area contributed by atoms with Crippen molar-refractivity contribution in [2.24, 2.45) is 0 Å². The summed E-state index contributed by atoms with van der Waals surface area (Å²) in [6.45, 7) is 10.8. The molecule has 10 nitrogen and oxygen atoms in total. The Kier molecular flexibility index (Phi) is 8.29. The largest absolute Gasteiger partial charge is 0.355 e. The van der Waals surface area contributed by atoms with Crippen molar-refractivity contribution in [3.05, 3.63) is 82.0 Å². The zero-order valence-electron chi connectivity index (χ0n) is 24.4. The van der Waals surface area contributed by atoms with Crippen molar-refractivity contribution in [3.63, 3.8) is 0 Å². The molecule has 230 valence electrons. The number of pyridine rings is 2. The first kappa shape index (κ1) is 31.2. The number of halogens is 3. The van der Waals surface area contributed by atoms with E-state index < -0.39 is 38.0 Å². The highest BCUT2D eigenvalue weighted by Gasteiger charge is 2.32. The Labute approximate surface area is 257 Å². The molecule has 0 radical (unpaired) electrons. The summed E-state index contributed by atoms with van der Waals surface area (Å²) in [5.74, 6) is -1.93. The molecule has 1 atom stereocenters. The Morgan fingerprint density at radius 3 is 2.45 bits per heavy atom. The smallest absolute Gasteiger partial charge is 0.350 e. The number of hydrogen-bond acceptors (Lipinski definition) is 8. The van der Waals surface area contributed by atoms with E-state index in [9.17, 15) is 26.8 Å². The molecular weight excluding hydrogens is 614 g/mol. The van der Waals surface area contributed by atoms with Gasteiger partial charge in [-0.2, -0.15) is 4.98 Å².